The maximum Gasteiger partial charge on any atom is 0.137 e. The number of nitrogens with zero attached hydrogens (tertiary/aromatic N) is 3. The zero-order valence-corrected chi connectivity index (χ0v) is 13.0. The number of hydrogen-bond acceptors (Lipinski definition) is 5. The van der Waals surface area contributed by atoms with Gasteiger partial charge in [0.1, 0.15) is 23.7 Å². The van der Waals surface area contributed by atoms with E-state index < -0.39 is 5.60 Å². The second kappa shape index (κ2) is 6.64. The minimum Gasteiger partial charge on any atom is -0.491 e. The van der Waals surface area contributed by atoms with Crippen LogP contribution < -0.4 is 4.74 Å². The van der Waals surface area contributed by atoms with Gasteiger partial charge in [0.15, 0.2) is 0 Å². The molecule has 2 aromatic rings. The van der Waals surface area contributed by atoms with Gasteiger partial charge in [-0.25, -0.2) is 0 Å². The van der Waals surface area contributed by atoms with Crippen molar-refractivity contribution < 1.29 is 9.84 Å². The first-order chi connectivity index (χ1) is 10.7. The Kier molecular flexibility index (Phi) is 4.61. The van der Waals surface area contributed by atoms with E-state index in [9.17, 15) is 5.11 Å². The molecule has 1 aliphatic rings. The molecule has 3 rings (SSSR count). The molecule has 2 heterocycles. The van der Waals surface area contributed by atoms with E-state index in [4.69, 9.17) is 16.3 Å². The van der Waals surface area contributed by atoms with Crippen LogP contribution in [0.3, 0.4) is 0 Å². The van der Waals surface area contributed by atoms with Crippen molar-refractivity contribution in [2.75, 3.05) is 26.2 Å². The topological polar surface area (TPSA) is 74.3 Å². The number of β-amino-alcohol motifs (C(OH)–C–C–N with tert-alkyl or cyclic N) is 1. The standard InChI is InChI=1S/C15H19ClN4O2/c16-12-4-1-2-5-13(12)22-9-8-20-7-3-6-15(21,11-20)14-10-17-19-18-14/h1-2,4-5,10,21H,3,6-9,11H2,(H,17,18,19)/t15-/m0/s1. The number of halogens is 1. The first-order valence-electron chi connectivity index (χ1n) is 7.36. The number of H-pyrrole nitrogens is 1. The summed E-state index contributed by atoms with van der Waals surface area (Å²) >= 11 is 6.06. The van der Waals surface area contributed by atoms with Gasteiger partial charge in [0.2, 0.25) is 0 Å². The molecule has 2 N–H and O–H groups in total. The Morgan fingerprint density at radius 1 is 1.41 bits per heavy atom. The van der Waals surface area contributed by atoms with Gasteiger partial charge in [-0.3, -0.25) is 4.90 Å². The first-order valence-corrected chi connectivity index (χ1v) is 7.73. The number of ether oxygens (including phenoxy) is 1. The van der Waals surface area contributed by atoms with E-state index in [2.05, 4.69) is 20.3 Å². The van der Waals surface area contributed by atoms with Crippen LogP contribution in [0.2, 0.25) is 5.02 Å². The molecule has 0 unspecified atom stereocenters. The van der Waals surface area contributed by atoms with Gasteiger partial charge in [-0.2, -0.15) is 15.4 Å². The van der Waals surface area contributed by atoms with Crippen LogP contribution in [-0.2, 0) is 5.60 Å². The summed E-state index contributed by atoms with van der Waals surface area (Å²) in [5.41, 5.74) is -0.334. The molecular weight excluding hydrogens is 304 g/mol. The summed E-state index contributed by atoms with van der Waals surface area (Å²) in [6, 6.07) is 7.43. The van der Waals surface area contributed by atoms with Gasteiger partial charge < -0.3 is 9.84 Å². The van der Waals surface area contributed by atoms with E-state index >= 15 is 0 Å². The number of rotatable bonds is 5. The maximum atomic E-state index is 10.7. The van der Waals surface area contributed by atoms with Crippen molar-refractivity contribution in [3.63, 3.8) is 0 Å². The molecule has 0 bridgehead atoms. The largest absolute Gasteiger partial charge is 0.491 e. The van der Waals surface area contributed by atoms with Crippen molar-refractivity contribution in [2.24, 2.45) is 0 Å². The molecule has 118 valence electrons. The lowest BCUT2D eigenvalue weighted by Crippen LogP contribution is -2.47. The van der Waals surface area contributed by atoms with Crippen molar-refractivity contribution in [1.29, 1.82) is 0 Å². The highest BCUT2D eigenvalue weighted by molar-refractivity contribution is 6.32. The minimum atomic E-state index is -0.935. The molecule has 0 radical (unpaired) electrons. The Hall–Kier alpha value is -1.63. The van der Waals surface area contributed by atoms with E-state index in [-0.39, 0.29) is 0 Å². The Labute approximate surface area is 134 Å². The summed E-state index contributed by atoms with van der Waals surface area (Å²) in [4.78, 5) is 2.18. The lowest BCUT2D eigenvalue weighted by atomic mass is 9.90. The van der Waals surface area contributed by atoms with Crippen LogP contribution in [0.4, 0.5) is 0 Å². The van der Waals surface area contributed by atoms with Crippen LogP contribution in [0.25, 0.3) is 0 Å². The Morgan fingerprint density at radius 3 is 3.05 bits per heavy atom. The normalized spacial score (nSPS) is 22.6. The fourth-order valence-electron chi connectivity index (χ4n) is 2.80. The fraction of sp³-hybridized carbons (Fsp3) is 0.467. The van der Waals surface area contributed by atoms with Gasteiger partial charge >= 0.3 is 0 Å². The van der Waals surface area contributed by atoms with Crippen LogP contribution >= 0.6 is 11.6 Å². The van der Waals surface area contributed by atoms with Gasteiger partial charge in [-0.05, 0) is 31.5 Å². The molecular formula is C15H19ClN4O2. The van der Waals surface area contributed by atoms with Crippen LogP contribution in [0, 0.1) is 0 Å². The van der Waals surface area contributed by atoms with Gasteiger partial charge in [0, 0.05) is 13.1 Å². The summed E-state index contributed by atoms with van der Waals surface area (Å²) in [6.07, 6.45) is 3.20. The highest BCUT2D eigenvalue weighted by atomic mass is 35.5. The van der Waals surface area contributed by atoms with E-state index in [0.29, 0.717) is 36.0 Å². The third kappa shape index (κ3) is 3.40. The van der Waals surface area contributed by atoms with Crippen LogP contribution in [0.1, 0.15) is 18.5 Å². The molecule has 0 amide bonds. The molecule has 0 spiro atoms. The minimum absolute atomic E-state index is 0.526. The number of aromatic amines is 1. The summed E-state index contributed by atoms with van der Waals surface area (Å²) in [5, 5.41) is 21.7. The average Bonchev–Trinajstić information content (AvgIpc) is 3.05. The molecule has 1 fully saturated rings. The summed E-state index contributed by atoms with van der Waals surface area (Å²) < 4.78 is 5.71. The van der Waals surface area contributed by atoms with E-state index in [0.717, 1.165) is 19.5 Å². The third-order valence-electron chi connectivity index (χ3n) is 3.94. The molecule has 6 nitrogen and oxygen atoms in total. The van der Waals surface area contributed by atoms with E-state index in [1.54, 1.807) is 12.3 Å². The molecule has 0 aliphatic carbocycles. The molecule has 1 saturated heterocycles. The molecule has 7 heteroatoms. The average molecular weight is 323 g/mol. The van der Waals surface area contributed by atoms with E-state index in [1.165, 1.54) is 0 Å². The van der Waals surface area contributed by atoms with Crippen LogP contribution in [0.15, 0.2) is 30.5 Å². The molecule has 0 saturated carbocycles. The summed E-state index contributed by atoms with van der Waals surface area (Å²) in [5.74, 6) is 0.688. The third-order valence-corrected chi connectivity index (χ3v) is 4.26. The van der Waals surface area contributed by atoms with Gasteiger partial charge in [-0.1, -0.05) is 23.7 Å². The number of para-hydroxylation sites is 1. The number of hydrogen-bond donors (Lipinski definition) is 2. The van der Waals surface area contributed by atoms with Gasteiger partial charge in [0.05, 0.1) is 11.2 Å². The van der Waals surface area contributed by atoms with Crippen molar-refractivity contribution in [3.8, 4) is 5.75 Å². The predicted molar refractivity (Wildman–Crippen MR) is 82.9 cm³/mol. The lowest BCUT2D eigenvalue weighted by Gasteiger charge is -2.37. The number of piperidine rings is 1. The highest BCUT2D eigenvalue weighted by Crippen LogP contribution is 2.29. The lowest BCUT2D eigenvalue weighted by molar-refractivity contribution is -0.0412. The van der Waals surface area contributed by atoms with Crippen molar-refractivity contribution in [2.45, 2.75) is 18.4 Å². The van der Waals surface area contributed by atoms with Crippen molar-refractivity contribution in [1.82, 2.24) is 20.3 Å². The number of benzene rings is 1. The molecule has 1 atom stereocenters. The second-order valence-corrected chi connectivity index (χ2v) is 5.95. The maximum absolute atomic E-state index is 10.7. The number of likely N-dealkylation sites (tertiary alicyclic amines) is 1. The summed E-state index contributed by atoms with van der Waals surface area (Å²) in [7, 11) is 0. The highest BCUT2D eigenvalue weighted by Gasteiger charge is 2.36. The molecule has 1 aromatic heterocycles. The van der Waals surface area contributed by atoms with Crippen LogP contribution in [-0.4, -0.2) is 51.7 Å². The smallest absolute Gasteiger partial charge is 0.137 e. The van der Waals surface area contributed by atoms with E-state index in [1.807, 2.05) is 18.2 Å². The quantitative estimate of drug-likeness (QED) is 0.878. The number of aliphatic hydroxyl groups is 1. The predicted octanol–water partition coefficient (Wildman–Crippen LogP) is 1.82. The fourth-order valence-corrected chi connectivity index (χ4v) is 2.99. The van der Waals surface area contributed by atoms with Gasteiger partial charge in [-0.15, -0.1) is 0 Å². The first kappa shape index (κ1) is 15.3. The second-order valence-electron chi connectivity index (χ2n) is 5.55. The molecule has 1 aliphatic heterocycles. The number of nitrogens with one attached hydrogen (secondary N) is 1. The molecule has 22 heavy (non-hydrogen) atoms. The number of aromatic nitrogens is 3. The Bertz CT molecular complexity index is 607. The van der Waals surface area contributed by atoms with Crippen LogP contribution in [0.5, 0.6) is 5.75 Å². The van der Waals surface area contributed by atoms with Crippen molar-refractivity contribution >= 4 is 11.6 Å². The van der Waals surface area contributed by atoms with Gasteiger partial charge in [0.25, 0.3) is 0 Å². The van der Waals surface area contributed by atoms with Crippen molar-refractivity contribution in [3.05, 3.63) is 41.2 Å². The Balaban J connectivity index is 1.54. The monoisotopic (exact) mass is 322 g/mol. The summed E-state index contributed by atoms with van der Waals surface area (Å²) in [6.45, 7) is 2.72. The zero-order valence-electron chi connectivity index (χ0n) is 12.2. The zero-order chi connectivity index (χ0) is 15.4. The Morgan fingerprint density at radius 2 is 2.27 bits per heavy atom. The SMILES string of the molecule is O[C@@]1(c2cn[nH]n2)CCCN(CCOc2ccccc2Cl)C1. The molecule has 1 aromatic carbocycles.